The van der Waals surface area contributed by atoms with Crippen LogP contribution in [-0.2, 0) is 17.5 Å². The number of urea groups is 1. The van der Waals surface area contributed by atoms with Crippen molar-refractivity contribution in [2.24, 2.45) is 0 Å². The zero-order chi connectivity index (χ0) is 25.6. The Bertz CT molecular complexity index is 1330. The number of rotatable bonds is 4. The summed E-state index contributed by atoms with van der Waals surface area (Å²) >= 11 is 0. The molecular weight excluding hydrogens is 483 g/mol. The van der Waals surface area contributed by atoms with E-state index in [1.807, 2.05) is 30.3 Å². The van der Waals surface area contributed by atoms with E-state index in [0.29, 0.717) is 22.8 Å². The lowest BCUT2D eigenvalue weighted by atomic mass is 10.1. The first-order valence-electron chi connectivity index (χ1n) is 12.3. The van der Waals surface area contributed by atoms with Gasteiger partial charge in [0.1, 0.15) is 6.17 Å². The van der Waals surface area contributed by atoms with Crippen LogP contribution in [0.15, 0.2) is 60.7 Å². The van der Waals surface area contributed by atoms with Gasteiger partial charge in [0, 0.05) is 43.9 Å². The maximum Gasteiger partial charge on any atom is 0.416 e. The Kier molecular flexibility index (Phi) is 6.00. The summed E-state index contributed by atoms with van der Waals surface area (Å²) in [5.74, 6) is 0.458. The molecule has 4 heterocycles. The second-order valence-corrected chi connectivity index (χ2v) is 9.47. The van der Waals surface area contributed by atoms with Gasteiger partial charge < -0.3 is 15.0 Å². The van der Waals surface area contributed by atoms with Gasteiger partial charge in [-0.15, -0.1) is 0 Å². The molecule has 37 heavy (non-hydrogen) atoms. The molecule has 0 aliphatic carbocycles. The topological polar surface area (TPSA) is 60.9 Å². The van der Waals surface area contributed by atoms with Crippen LogP contribution in [0.2, 0.25) is 0 Å². The largest absolute Gasteiger partial charge is 0.416 e. The highest BCUT2D eigenvalue weighted by molar-refractivity contribution is 6.06. The molecule has 0 radical (unpaired) electrons. The van der Waals surface area contributed by atoms with Gasteiger partial charge in [-0.25, -0.2) is 9.78 Å². The van der Waals surface area contributed by atoms with Crippen LogP contribution in [0, 0.1) is 0 Å². The Balaban J connectivity index is 1.24. The number of carbonyl (C=O) groups is 1. The molecule has 1 aromatic heterocycles. The van der Waals surface area contributed by atoms with E-state index >= 15 is 0 Å². The monoisotopic (exact) mass is 509 g/mol. The first kappa shape index (κ1) is 23.7. The molecule has 7 nitrogen and oxygen atoms in total. The highest BCUT2D eigenvalue weighted by atomic mass is 19.4. The van der Waals surface area contributed by atoms with E-state index in [-0.39, 0.29) is 12.2 Å². The Labute approximate surface area is 212 Å². The van der Waals surface area contributed by atoms with Gasteiger partial charge in [0.2, 0.25) is 0 Å². The number of amides is 2. The predicted molar refractivity (Wildman–Crippen MR) is 134 cm³/mol. The summed E-state index contributed by atoms with van der Waals surface area (Å²) in [7, 11) is 0. The fourth-order valence-electron chi connectivity index (χ4n) is 5.10. The number of alkyl halides is 3. The average Bonchev–Trinajstić information content (AvgIpc) is 3.09. The van der Waals surface area contributed by atoms with E-state index < -0.39 is 11.7 Å². The molecule has 2 aromatic carbocycles. The number of hydrogen-bond acceptors (Lipinski definition) is 5. The third kappa shape index (κ3) is 4.62. The van der Waals surface area contributed by atoms with Gasteiger partial charge in [0.25, 0.3) is 0 Å². The van der Waals surface area contributed by atoms with E-state index in [0.717, 1.165) is 69.2 Å². The van der Waals surface area contributed by atoms with Gasteiger partial charge >= 0.3 is 12.2 Å². The van der Waals surface area contributed by atoms with E-state index in [2.05, 4.69) is 20.1 Å². The van der Waals surface area contributed by atoms with Gasteiger partial charge in [0.05, 0.1) is 30.2 Å². The number of ether oxygens (including phenoxy) is 1. The minimum absolute atomic E-state index is 0.157. The number of pyridine rings is 1. The minimum atomic E-state index is -4.44. The zero-order valence-electron chi connectivity index (χ0n) is 20.0. The number of fused-ring (bicyclic) bond motifs is 3. The van der Waals surface area contributed by atoms with Crippen LogP contribution in [0.1, 0.15) is 17.5 Å². The van der Waals surface area contributed by atoms with Gasteiger partial charge in [-0.3, -0.25) is 9.80 Å². The molecule has 3 aromatic rings. The number of hydrogen-bond donors (Lipinski definition) is 1. The van der Waals surface area contributed by atoms with Gasteiger partial charge in [-0.1, -0.05) is 24.3 Å². The lowest BCUT2D eigenvalue weighted by Crippen LogP contribution is -2.56. The van der Waals surface area contributed by atoms with Gasteiger partial charge in [0.15, 0.2) is 5.82 Å². The number of nitrogens with one attached hydrogen (secondary N) is 1. The van der Waals surface area contributed by atoms with Crippen LogP contribution in [0.4, 0.5) is 35.2 Å². The summed E-state index contributed by atoms with van der Waals surface area (Å²) < 4.78 is 45.2. The van der Waals surface area contributed by atoms with Crippen molar-refractivity contribution in [2.75, 3.05) is 48.0 Å². The minimum Gasteiger partial charge on any atom is -0.379 e. The number of carbonyl (C=O) groups excluding carboxylic acids is 1. The summed E-state index contributed by atoms with van der Waals surface area (Å²) in [5, 5.41) is 3.00. The van der Waals surface area contributed by atoms with E-state index in [1.54, 1.807) is 17.0 Å². The van der Waals surface area contributed by atoms with Crippen LogP contribution >= 0.6 is 0 Å². The average molecular weight is 510 g/mol. The molecule has 2 amide bonds. The molecule has 10 heteroatoms. The maximum absolute atomic E-state index is 13.5. The Morgan fingerprint density at radius 1 is 1.03 bits per heavy atom. The molecule has 0 bridgehead atoms. The molecule has 0 saturated carbocycles. The molecule has 2 fully saturated rings. The normalized spacial score (nSPS) is 19.3. The summed E-state index contributed by atoms with van der Waals surface area (Å²) in [6.07, 6.45) is -3.81. The summed E-state index contributed by atoms with van der Waals surface area (Å²) in [6, 6.07) is 16.1. The first-order valence-corrected chi connectivity index (χ1v) is 12.3. The first-order chi connectivity index (χ1) is 17.9. The number of nitrogens with zero attached hydrogens (tertiary/aromatic N) is 4. The SMILES string of the molecule is O=C(Nc1cccc(CN2CCOCC2)c1)N1c2nc(-c3cccc(C(F)(F)F)c3)ccc2N2CCC21. The van der Waals surface area contributed by atoms with Crippen LogP contribution in [0.5, 0.6) is 0 Å². The van der Waals surface area contributed by atoms with Crippen LogP contribution in [0.25, 0.3) is 11.3 Å². The van der Waals surface area contributed by atoms with Crippen molar-refractivity contribution in [3.05, 3.63) is 71.8 Å². The Morgan fingerprint density at radius 3 is 2.59 bits per heavy atom. The van der Waals surface area contributed by atoms with Crippen molar-refractivity contribution in [1.82, 2.24) is 9.88 Å². The zero-order valence-corrected chi connectivity index (χ0v) is 20.0. The van der Waals surface area contributed by atoms with Gasteiger partial charge in [-0.2, -0.15) is 13.2 Å². The fraction of sp³-hybridized carbons (Fsp3) is 0.333. The summed E-state index contributed by atoms with van der Waals surface area (Å²) in [6.45, 7) is 4.76. The molecule has 2 saturated heterocycles. The highest BCUT2D eigenvalue weighted by Crippen LogP contribution is 2.45. The number of benzene rings is 2. The molecule has 3 aliphatic heterocycles. The number of anilines is 3. The molecule has 192 valence electrons. The van der Waals surface area contributed by atoms with Crippen molar-refractivity contribution in [2.45, 2.75) is 25.3 Å². The highest BCUT2D eigenvalue weighted by Gasteiger charge is 2.46. The molecule has 1 atom stereocenters. The molecule has 1 unspecified atom stereocenters. The van der Waals surface area contributed by atoms with Crippen molar-refractivity contribution in [3.8, 4) is 11.3 Å². The molecule has 1 N–H and O–H groups in total. The molecular formula is C27H26F3N5O2. The number of morpholine rings is 1. The quantitative estimate of drug-likeness (QED) is 0.525. The number of halogens is 3. The third-order valence-electron chi connectivity index (χ3n) is 7.07. The smallest absolute Gasteiger partial charge is 0.379 e. The Hall–Kier alpha value is -3.63. The van der Waals surface area contributed by atoms with E-state index in [4.69, 9.17) is 4.74 Å². The summed E-state index contributed by atoms with van der Waals surface area (Å²) in [5.41, 5.74) is 2.59. The van der Waals surface area contributed by atoms with Crippen LogP contribution in [0.3, 0.4) is 0 Å². The second-order valence-electron chi connectivity index (χ2n) is 9.47. The van der Waals surface area contributed by atoms with Crippen molar-refractivity contribution < 1.29 is 22.7 Å². The summed E-state index contributed by atoms with van der Waals surface area (Å²) in [4.78, 5) is 24.2. The standard InChI is InChI=1S/C27H26F3N5O2/c28-27(29,30)20-5-2-4-19(16-20)22-7-8-23-25(32-22)35(24-9-10-34(23)24)26(36)31-21-6-1-3-18(15-21)17-33-11-13-37-14-12-33/h1-8,15-16,24H,9-14,17H2,(H,31,36). The maximum atomic E-state index is 13.5. The van der Waals surface area contributed by atoms with Crippen molar-refractivity contribution >= 4 is 23.2 Å². The number of aromatic nitrogens is 1. The predicted octanol–water partition coefficient (Wildman–Crippen LogP) is 5.19. The lowest BCUT2D eigenvalue weighted by molar-refractivity contribution is -0.137. The van der Waals surface area contributed by atoms with Gasteiger partial charge in [-0.05, 0) is 42.0 Å². The van der Waals surface area contributed by atoms with Crippen molar-refractivity contribution in [1.29, 1.82) is 0 Å². The molecule has 6 rings (SSSR count). The molecule has 3 aliphatic rings. The van der Waals surface area contributed by atoms with E-state index in [9.17, 15) is 18.0 Å². The third-order valence-corrected chi connectivity index (χ3v) is 7.07. The lowest BCUT2D eigenvalue weighted by Gasteiger charge is -2.39. The van der Waals surface area contributed by atoms with Crippen LogP contribution in [-0.4, -0.2) is 54.9 Å². The van der Waals surface area contributed by atoms with Crippen molar-refractivity contribution in [3.63, 3.8) is 0 Å². The fourth-order valence-corrected chi connectivity index (χ4v) is 5.10. The molecule has 0 spiro atoms. The van der Waals surface area contributed by atoms with Crippen LogP contribution < -0.4 is 15.1 Å². The second kappa shape index (κ2) is 9.35. The van der Waals surface area contributed by atoms with E-state index in [1.165, 1.54) is 6.07 Å². The Morgan fingerprint density at radius 2 is 1.84 bits per heavy atom.